The number of rotatable bonds is 14. The predicted octanol–water partition coefficient (Wildman–Crippen LogP) is -1.06. The molecule has 0 N–H and O–H groups in total. The van der Waals surface area contributed by atoms with Crippen molar-refractivity contribution >= 4 is 17.6 Å². The standard InChI is InChI=1S/C19H36N2O3.2Rb/c1-15(2)17(22)11-7-5-8-12-18(23)20-14-10-6-9-13-19(24)21-16(3)4;;/h15-16H,5-14H2,1-4H3,(H2,20,21,23,24);;/q;2*+1/p-2. The van der Waals surface area contributed by atoms with Gasteiger partial charge in [0, 0.05) is 12.3 Å². The molecule has 140 valence electrons. The average molecular weight is 509 g/mol. The minimum absolute atomic E-state index is 0. The van der Waals surface area contributed by atoms with Crippen LogP contribution in [-0.4, -0.2) is 30.2 Å². The maximum atomic E-state index is 11.6. The fourth-order valence-corrected chi connectivity index (χ4v) is 2.24. The number of carbonyl (C=O) groups is 3. The zero-order chi connectivity index (χ0) is 18.4. The molecule has 0 unspecified atom stereocenters. The van der Waals surface area contributed by atoms with Crippen molar-refractivity contribution in [2.45, 2.75) is 91.5 Å². The summed E-state index contributed by atoms with van der Waals surface area (Å²) in [7, 11) is 0. The molecule has 0 atom stereocenters. The van der Waals surface area contributed by atoms with Gasteiger partial charge in [0.1, 0.15) is 5.78 Å². The van der Waals surface area contributed by atoms with Gasteiger partial charge in [-0.05, 0) is 32.1 Å². The molecule has 0 aromatic carbocycles. The molecule has 0 fully saturated rings. The molecule has 26 heavy (non-hydrogen) atoms. The van der Waals surface area contributed by atoms with Crippen LogP contribution in [-0.2, 0) is 14.4 Å². The predicted molar refractivity (Wildman–Crippen MR) is 98.1 cm³/mol. The van der Waals surface area contributed by atoms with E-state index in [9.17, 15) is 14.4 Å². The molecule has 0 saturated carbocycles. The third-order valence-corrected chi connectivity index (χ3v) is 3.70. The molecule has 0 aliphatic carbocycles. The molecular weight excluding hydrogens is 475 g/mol. The van der Waals surface area contributed by atoms with Gasteiger partial charge in [0.25, 0.3) is 0 Å². The van der Waals surface area contributed by atoms with Crippen LogP contribution < -0.4 is 116 Å². The summed E-state index contributed by atoms with van der Waals surface area (Å²) in [5.74, 6) is 0.326. The van der Waals surface area contributed by atoms with Crippen LogP contribution in [0.25, 0.3) is 10.6 Å². The molecule has 0 aliphatic heterocycles. The van der Waals surface area contributed by atoms with Crippen LogP contribution in [0.5, 0.6) is 0 Å². The SMILES string of the molecule is CC(C)[N-]C(=O)CCCCC[N-]C(=O)CCCCCC(=O)C(C)C.[Rb+].[Rb+]. The molecule has 0 aromatic heterocycles. The van der Waals surface area contributed by atoms with Gasteiger partial charge in [-0.1, -0.05) is 47.0 Å². The Labute approximate surface area is 257 Å². The van der Waals surface area contributed by atoms with Gasteiger partial charge in [0.2, 0.25) is 0 Å². The number of carbonyl (C=O) groups excluding carboxylic acids is 3. The van der Waals surface area contributed by atoms with Gasteiger partial charge in [0.15, 0.2) is 0 Å². The van der Waals surface area contributed by atoms with Crippen molar-refractivity contribution in [2.75, 3.05) is 6.54 Å². The Kier molecular flexibility index (Phi) is 27.7. The van der Waals surface area contributed by atoms with Gasteiger partial charge < -0.3 is 20.2 Å². The summed E-state index contributed by atoms with van der Waals surface area (Å²) in [6.07, 6.45) is 6.69. The third kappa shape index (κ3) is 22.5. The van der Waals surface area contributed by atoms with Gasteiger partial charge in [-0.25, -0.2) is 0 Å². The fraction of sp³-hybridized carbons (Fsp3) is 0.842. The van der Waals surface area contributed by atoms with Crippen LogP contribution in [0.2, 0.25) is 0 Å². The van der Waals surface area contributed by atoms with Crippen molar-refractivity contribution in [1.29, 1.82) is 0 Å². The zero-order valence-corrected chi connectivity index (χ0v) is 27.7. The number of hydrogen-bond donors (Lipinski definition) is 0. The minimum Gasteiger partial charge on any atom is -0.653 e. The summed E-state index contributed by atoms with van der Waals surface area (Å²) in [5.41, 5.74) is 0. The van der Waals surface area contributed by atoms with E-state index in [1.165, 1.54) is 0 Å². The fourth-order valence-electron chi connectivity index (χ4n) is 2.24. The number of Topliss-reactive ketones (excluding diaryl/α,β-unsaturated/α-hetero) is 1. The van der Waals surface area contributed by atoms with Gasteiger partial charge in [-0.3, -0.25) is 4.79 Å². The van der Waals surface area contributed by atoms with Crippen molar-refractivity contribution < 1.29 is 131 Å². The Morgan fingerprint density at radius 1 is 0.692 bits per heavy atom. The molecule has 0 bridgehead atoms. The largest absolute Gasteiger partial charge is 1.00 e. The molecular formula is C19H34N2O3Rb2. The molecule has 0 radical (unpaired) electrons. The molecule has 2 amide bonds. The number of nitrogens with zero attached hydrogens (tertiary/aromatic N) is 2. The molecule has 0 rings (SSSR count). The quantitative estimate of drug-likeness (QED) is 0.280. The first-order valence-corrected chi connectivity index (χ1v) is 9.29. The summed E-state index contributed by atoms with van der Waals surface area (Å²) in [6, 6.07) is 0.0635. The minimum atomic E-state index is -0.0453. The average Bonchev–Trinajstić information content (AvgIpc) is 2.49. The maximum absolute atomic E-state index is 11.6. The topological polar surface area (TPSA) is 79.4 Å². The Bertz CT molecular complexity index is 389. The normalized spacial score (nSPS) is 10.1. The summed E-state index contributed by atoms with van der Waals surface area (Å²) >= 11 is 0. The van der Waals surface area contributed by atoms with Crippen molar-refractivity contribution in [2.24, 2.45) is 5.92 Å². The maximum Gasteiger partial charge on any atom is 1.00 e. The first-order valence-electron chi connectivity index (χ1n) is 9.29. The van der Waals surface area contributed by atoms with Crippen LogP contribution in [0, 0.1) is 5.92 Å². The Balaban J connectivity index is -0.00000264. The van der Waals surface area contributed by atoms with Crippen molar-refractivity contribution in [3.8, 4) is 0 Å². The second-order valence-corrected chi connectivity index (χ2v) is 6.88. The van der Waals surface area contributed by atoms with Crippen molar-refractivity contribution in [3.63, 3.8) is 0 Å². The van der Waals surface area contributed by atoms with E-state index in [0.29, 0.717) is 31.6 Å². The monoisotopic (exact) mass is 508 g/mol. The number of amides is 2. The number of ketones is 1. The van der Waals surface area contributed by atoms with E-state index in [1.54, 1.807) is 0 Å². The van der Waals surface area contributed by atoms with E-state index in [4.69, 9.17) is 0 Å². The van der Waals surface area contributed by atoms with Gasteiger partial charge in [-0.15, -0.1) is 12.6 Å². The van der Waals surface area contributed by atoms with E-state index < -0.39 is 0 Å². The molecule has 0 heterocycles. The Morgan fingerprint density at radius 2 is 1.19 bits per heavy atom. The van der Waals surface area contributed by atoms with E-state index in [0.717, 1.165) is 38.5 Å². The molecule has 0 aliphatic rings. The van der Waals surface area contributed by atoms with Crippen LogP contribution in [0.4, 0.5) is 0 Å². The second kappa shape index (κ2) is 21.9. The van der Waals surface area contributed by atoms with Gasteiger partial charge >= 0.3 is 116 Å². The van der Waals surface area contributed by atoms with Gasteiger partial charge in [-0.2, -0.15) is 0 Å². The van der Waals surface area contributed by atoms with E-state index in [1.807, 2.05) is 27.7 Å². The first-order chi connectivity index (χ1) is 11.3. The molecule has 7 heteroatoms. The van der Waals surface area contributed by atoms with E-state index in [2.05, 4.69) is 10.6 Å². The summed E-state index contributed by atoms with van der Waals surface area (Å²) < 4.78 is 0. The van der Waals surface area contributed by atoms with Gasteiger partial charge in [0.05, 0.1) is 11.8 Å². The number of hydrogen-bond acceptors (Lipinski definition) is 3. The van der Waals surface area contributed by atoms with E-state index in [-0.39, 0.29) is 140 Å². The van der Waals surface area contributed by atoms with Crippen LogP contribution in [0.1, 0.15) is 85.5 Å². The third-order valence-electron chi connectivity index (χ3n) is 3.70. The molecule has 0 aromatic rings. The van der Waals surface area contributed by atoms with Crippen molar-refractivity contribution in [3.05, 3.63) is 10.6 Å². The van der Waals surface area contributed by atoms with Crippen LogP contribution >= 0.6 is 0 Å². The zero-order valence-electron chi connectivity index (χ0n) is 17.8. The first kappa shape index (κ1) is 32.9. The summed E-state index contributed by atoms with van der Waals surface area (Å²) in [5, 5.41) is 7.99. The van der Waals surface area contributed by atoms with Crippen LogP contribution in [0.15, 0.2) is 0 Å². The molecule has 5 nitrogen and oxygen atoms in total. The Hall–Kier alpha value is 2.22. The summed E-state index contributed by atoms with van der Waals surface area (Å²) in [4.78, 5) is 34.4. The van der Waals surface area contributed by atoms with Crippen LogP contribution in [0.3, 0.4) is 0 Å². The smallest absolute Gasteiger partial charge is 0.653 e. The number of unbranched alkanes of at least 4 members (excludes halogenated alkanes) is 4. The molecule has 0 saturated heterocycles. The van der Waals surface area contributed by atoms with Crippen molar-refractivity contribution in [1.82, 2.24) is 0 Å². The molecule has 0 spiro atoms. The second-order valence-electron chi connectivity index (χ2n) is 6.88. The summed E-state index contributed by atoms with van der Waals surface area (Å²) in [6.45, 7) is 8.16. The van der Waals surface area contributed by atoms with E-state index >= 15 is 0 Å². The Morgan fingerprint density at radius 3 is 1.73 bits per heavy atom.